The predicted molar refractivity (Wildman–Crippen MR) is 99.7 cm³/mol. The minimum Gasteiger partial charge on any atom is -0.377 e. The summed E-state index contributed by atoms with van der Waals surface area (Å²) in [5.41, 5.74) is 2.31. The van der Waals surface area contributed by atoms with E-state index in [1.165, 1.54) is 5.56 Å². The molecule has 0 atom stereocenters. The van der Waals surface area contributed by atoms with Crippen LogP contribution >= 0.6 is 0 Å². The summed E-state index contributed by atoms with van der Waals surface area (Å²) >= 11 is 0. The SMILES string of the molecule is CC(=O)N1CCN(Cc2ccccc2NCc2noc(C(C)C)n2)CC1. The number of carbonyl (C=O) groups excluding carboxylic acids is 1. The van der Waals surface area contributed by atoms with E-state index in [0.29, 0.717) is 18.3 Å². The van der Waals surface area contributed by atoms with Crippen molar-refractivity contribution in [3.63, 3.8) is 0 Å². The molecule has 0 bridgehead atoms. The van der Waals surface area contributed by atoms with E-state index in [2.05, 4.69) is 38.6 Å². The molecule has 1 amide bonds. The molecule has 1 N–H and O–H groups in total. The lowest BCUT2D eigenvalue weighted by Gasteiger charge is -2.34. The number of hydrogen-bond donors (Lipinski definition) is 1. The number of carbonyl (C=O) groups is 1. The molecule has 2 heterocycles. The first kappa shape index (κ1) is 18.4. The van der Waals surface area contributed by atoms with Gasteiger partial charge in [0, 0.05) is 51.3 Å². The first-order valence-electron chi connectivity index (χ1n) is 9.15. The van der Waals surface area contributed by atoms with Crippen molar-refractivity contribution in [3.8, 4) is 0 Å². The van der Waals surface area contributed by atoms with E-state index >= 15 is 0 Å². The van der Waals surface area contributed by atoms with Gasteiger partial charge in [-0.3, -0.25) is 9.69 Å². The number of benzene rings is 1. The maximum atomic E-state index is 11.5. The smallest absolute Gasteiger partial charge is 0.229 e. The number of rotatable bonds is 6. The number of aromatic nitrogens is 2. The fraction of sp³-hybridized carbons (Fsp3) is 0.526. The highest BCUT2D eigenvalue weighted by Crippen LogP contribution is 2.19. The molecule has 140 valence electrons. The molecule has 7 heteroatoms. The zero-order chi connectivity index (χ0) is 18.5. The molecule has 26 heavy (non-hydrogen) atoms. The minimum atomic E-state index is 0.160. The lowest BCUT2D eigenvalue weighted by molar-refractivity contribution is -0.130. The number of para-hydroxylation sites is 1. The van der Waals surface area contributed by atoms with Crippen molar-refractivity contribution in [2.24, 2.45) is 0 Å². The van der Waals surface area contributed by atoms with Crippen LogP contribution in [0.15, 0.2) is 28.8 Å². The Morgan fingerprint density at radius 2 is 1.96 bits per heavy atom. The molecule has 0 spiro atoms. The number of amides is 1. The third kappa shape index (κ3) is 4.60. The molecule has 1 aliphatic heterocycles. The second kappa shape index (κ2) is 8.31. The maximum absolute atomic E-state index is 11.5. The van der Waals surface area contributed by atoms with Crippen LogP contribution in [0.5, 0.6) is 0 Å². The molecule has 0 unspecified atom stereocenters. The molecule has 0 saturated carbocycles. The number of anilines is 1. The van der Waals surface area contributed by atoms with E-state index < -0.39 is 0 Å². The molecule has 1 fully saturated rings. The van der Waals surface area contributed by atoms with E-state index in [-0.39, 0.29) is 11.8 Å². The zero-order valence-electron chi connectivity index (χ0n) is 15.7. The molecular formula is C19H27N5O2. The van der Waals surface area contributed by atoms with Gasteiger partial charge in [-0.2, -0.15) is 4.98 Å². The Balaban J connectivity index is 1.58. The Kier molecular flexibility index (Phi) is 5.88. The van der Waals surface area contributed by atoms with Crippen LogP contribution in [0.1, 0.15) is 44.0 Å². The van der Waals surface area contributed by atoms with Gasteiger partial charge < -0.3 is 14.7 Å². The summed E-state index contributed by atoms with van der Waals surface area (Å²) in [7, 11) is 0. The predicted octanol–water partition coefficient (Wildman–Crippen LogP) is 2.47. The monoisotopic (exact) mass is 357 g/mol. The quantitative estimate of drug-likeness (QED) is 0.856. The van der Waals surface area contributed by atoms with Gasteiger partial charge in [0.2, 0.25) is 11.8 Å². The van der Waals surface area contributed by atoms with Crippen molar-refractivity contribution in [2.45, 2.75) is 39.8 Å². The summed E-state index contributed by atoms with van der Waals surface area (Å²) in [5, 5.41) is 7.45. The second-order valence-electron chi connectivity index (χ2n) is 7.00. The number of nitrogens with zero attached hydrogens (tertiary/aromatic N) is 4. The largest absolute Gasteiger partial charge is 0.377 e. The fourth-order valence-corrected chi connectivity index (χ4v) is 3.04. The molecule has 1 aromatic carbocycles. The fourth-order valence-electron chi connectivity index (χ4n) is 3.04. The molecule has 2 aromatic rings. The second-order valence-corrected chi connectivity index (χ2v) is 7.00. The topological polar surface area (TPSA) is 74.5 Å². The lowest BCUT2D eigenvalue weighted by atomic mass is 10.1. The van der Waals surface area contributed by atoms with Gasteiger partial charge in [0.25, 0.3) is 0 Å². The van der Waals surface area contributed by atoms with Gasteiger partial charge in [-0.05, 0) is 11.6 Å². The van der Waals surface area contributed by atoms with Gasteiger partial charge in [-0.25, -0.2) is 0 Å². The van der Waals surface area contributed by atoms with Gasteiger partial charge in [-0.1, -0.05) is 37.2 Å². The van der Waals surface area contributed by atoms with E-state index in [1.54, 1.807) is 6.92 Å². The zero-order valence-corrected chi connectivity index (χ0v) is 15.7. The van der Waals surface area contributed by atoms with Gasteiger partial charge >= 0.3 is 0 Å². The van der Waals surface area contributed by atoms with Crippen LogP contribution < -0.4 is 5.32 Å². The molecular weight excluding hydrogens is 330 g/mol. The third-order valence-electron chi connectivity index (χ3n) is 4.64. The summed E-state index contributed by atoms with van der Waals surface area (Å²) in [6, 6.07) is 8.28. The third-order valence-corrected chi connectivity index (χ3v) is 4.64. The minimum absolute atomic E-state index is 0.160. The standard InChI is InChI=1S/C19H27N5O2/c1-14(2)19-21-18(22-26-19)12-20-17-7-5-4-6-16(17)13-23-8-10-24(11-9-23)15(3)25/h4-7,14,20H,8-13H2,1-3H3. The average Bonchev–Trinajstić information content (AvgIpc) is 3.11. The summed E-state index contributed by atoms with van der Waals surface area (Å²) in [5.74, 6) is 1.72. The van der Waals surface area contributed by atoms with Crippen molar-refractivity contribution in [1.82, 2.24) is 19.9 Å². The van der Waals surface area contributed by atoms with Gasteiger partial charge in [0.05, 0.1) is 6.54 Å². The summed E-state index contributed by atoms with van der Waals surface area (Å²) in [6.07, 6.45) is 0. The van der Waals surface area contributed by atoms with Gasteiger partial charge in [0.1, 0.15) is 0 Å². The normalized spacial score (nSPS) is 15.5. The van der Waals surface area contributed by atoms with E-state index in [0.717, 1.165) is 38.4 Å². The first-order valence-corrected chi connectivity index (χ1v) is 9.15. The van der Waals surface area contributed by atoms with Crippen molar-refractivity contribution in [3.05, 3.63) is 41.5 Å². The molecule has 0 radical (unpaired) electrons. The highest BCUT2D eigenvalue weighted by Gasteiger charge is 2.19. The maximum Gasteiger partial charge on any atom is 0.229 e. The summed E-state index contributed by atoms with van der Waals surface area (Å²) < 4.78 is 5.25. The lowest BCUT2D eigenvalue weighted by Crippen LogP contribution is -2.47. The van der Waals surface area contributed by atoms with Crippen molar-refractivity contribution in [1.29, 1.82) is 0 Å². The molecule has 3 rings (SSSR count). The average molecular weight is 357 g/mol. The van der Waals surface area contributed by atoms with E-state index in [4.69, 9.17) is 4.52 Å². The molecule has 1 saturated heterocycles. The summed E-state index contributed by atoms with van der Waals surface area (Å²) in [4.78, 5) is 20.2. The molecule has 1 aromatic heterocycles. The summed E-state index contributed by atoms with van der Waals surface area (Å²) in [6.45, 7) is 10.5. The Morgan fingerprint density at radius 1 is 1.23 bits per heavy atom. The Morgan fingerprint density at radius 3 is 2.62 bits per heavy atom. The van der Waals surface area contributed by atoms with Crippen LogP contribution in [-0.4, -0.2) is 52.0 Å². The molecule has 7 nitrogen and oxygen atoms in total. The van der Waals surface area contributed by atoms with Crippen molar-refractivity contribution < 1.29 is 9.32 Å². The van der Waals surface area contributed by atoms with Crippen LogP contribution in [0, 0.1) is 0 Å². The molecule has 1 aliphatic rings. The van der Waals surface area contributed by atoms with Crippen LogP contribution in [0.2, 0.25) is 0 Å². The van der Waals surface area contributed by atoms with Crippen LogP contribution in [0.25, 0.3) is 0 Å². The van der Waals surface area contributed by atoms with E-state index in [1.807, 2.05) is 24.8 Å². The Hall–Kier alpha value is -2.41. The van der Waals surface area contributed by atoms with Crippen molar-refractivity contribution >= 4 is 11.6 Å². The number of hydrogen-bond acceptors (Lipinski definition) is 6. The van der Waals surface area contributed by atoms with Gasteiger partial charge in [0.15, 0.2) is 5.82 Å². The van der Waals surface area contributed by atoms with Gasteiger partial charge in [-0.15, -0.1) is 0 Å². The van der Waals surface area contributed by atoms with E-state index in [9.17, 15) is 4.79 Å². The molecule has 0 aliphatic carbocycles. The number of nitrogens with one attached hydrogen (secondary N) is 1. The highest BCUT2D eigenvalue weighted by atomic mass is 16.5. The van der Waals surface area contributed by atoms with Crippen LogP contribution in [0.4, 0.5) is 5.69 Å². The first-order chi connectivity index (χ1) is 12.5. The highest BCUT2D eigenvalue weighted by molar-refractivity contribution is 5.73. The number of piperazine rings is 1. The van der Waals surface area contributed by atoms with Crippen molar-refractivity contribution in [2.75, 3.05) is 31.5 Å². The van der Waals surface area contributed by atoms with Crippen LogP contribution in [0.3, 0.4) is 0 Å². The Bertz CT molecular complexity index is 735. The van der Waals surface area contributed by atoms with Crippen LogP contribution in [-0.2, 0) is 17.9 Å². The Labute approximate surface area is 154 Å².